The van der Waals surface area contributed by atoms with Crippen LogP contribution in [0.25, 0.3) is 0 Å². The van der Waals surface area contributed by atoms with Crippen molar-refractivity contribution in [1.82, 2.24) is 0 Å². The van der Waals surface area contributed by atoms with Gasteiger partial charge in [0.15, 0.2) is 0 Å². The average molecular weight is 248 g/mol. The van der Waals surface area contributed by atoms with Crippen LogP contribution >= 0.6 is 0 Å². The lowest BCUT2D eigenvalue weighted by molar-refractivity contribution is 1.20. The van der Waals surface area contributed by atoms with E-state index in [4.69, 9.17) is 0 Å². The molecular weight excluding hydrogens is 220 g/mol. The summed E-state index contributed by atoms with van der Waals surface area (Å²) in [6.45, 7) is 15.5. The summed E-state index contributed by atoms with van der Waals surface area (Å²) in [7, 11) is -1.29. The lowest BCUT2D eigenvalue weighted by Gasteiger charge is -2.20. The van der Waals surface area contributed by atoms with Crippen molar-refractivity contribution in [2.45, 2.75) is 66.6 Å². The van der Waals surface area contributed by atoms with E-state index in [0.29, 0.717) is 0 Å². The molecule has 0 atom stereocenters. The Morgan fingerprint density at radius 1 is 1.00 bits per heavy atom. The van der Waals surface area contributed by atoms with Gasteiger partial charge in [0, 0.05) is 5.57 Å². The van der Waals surface area contributed by atoms with Crippen LogP contribution in [0.3, 0.4) is 0 Å². The predicted molar refractivity (Wildman–Crippen MR) is 82.8 cm³/mol. The van der Waals surface area contributed by atoms with Crippen molar-refractivity contribution in [2.24, 2.45) is 0 Å². The Morgan fingerprint density at radius 2 is 1.47 bits per heavy atom. The maximum absolute atomic E-state index is 3.65. The van der Waals surface area contributed by atoms with Crippen molar-refractivity contribution >= 4 is 8.07 Å². The zero-order chi connectivity index (χ0) is 13.5. The quantitative estimate of drug-likeness (QED) is 0.358. The van der Waals surface area contributed by atoms with Crippen molar-refractivity contribution in [3.63, 3.8) is 0 Å². The van der Waals surface area contributed by atoms with Gasteiger partial charge in [-0.3, -0.25) is 0 Å². The molecule has 0 heterocycles. The Morgan fingerprint density at radius 3 is 1.82 bits per heavy atom. The summed E-state index contributed by atoms with van der Waals surface area (Å²) in [5.41, 5.74) is 7.57. The highest BCUT2D eigenvalue weighted by Crippen LogP contribution is 2.19. The molecule has 0 nitrogen and oxygen atoms in total. The van der Waals surface area contributed by atoms with Crippen LogP contribution in [0.4, 0.5) is 0 Å². The van der Waals surface area contributed by atoms with E-state index in [1.54, 1.807) is 0 Å². The first kappa shape index (κ1) is 16.3. The van der Waals surface area contributed by atoms with E-state index in [9.17, 15) is 0 Å². The molecule has 0 unspecified atom stereocenters. The van der Waals surface area contributed by atoms with Gasteiger partial charge in [0.1, 0.15) is 8.07 Å². The minimum absolute atomic E-state index is 1.24. The van der Waals surface area contributed by atoms with Gasteiger partial charge in [-0.1, -0.05) is 38.3 Å². The summed E-state index contributed by atoms with van der Waals surface area (Å²) >= 11 is 0. The molecule has 0 rings (SSSR count). The number of hydrogen-bond acceptors (Lipinski definition) is 0. The Bertz CT molecular complexity index is 348. The van der Waals surface area contributed by atoms with E-state index in [2.05, 4.69) is 66.0 Å². The lowest BCUT2D eigenvalue weighted by Crippen LogP contribution is -2.29. The Balaban J connectivity index is 5.21. The highest BCUT2D eigenvalue weighted by molar-refractivity contribution is 6.87. The molecule has 0 aliphatic rings. The Kier molecular flexibility index (Phi) is 7.23. The normalized spacial score (nSPS) is 13.9. The fraction of sp³-hybridized carbons (Fsp3) is 0.625. The first-order chi connectivity index (χ1) is 7.96. The van der Waals surface area contributed by atoms with Gasteiger partial charge in [-0.25, -0.2) is 0 Å². The van der Waals surface area contributed by atoms with E-state index in [0.717, 1.165) is 0 Å². The first-order valence-corrected chi connectivity index (χ1v) is 9.42. The lowest BCUT2D eigenvalue weighted by atomic mass is 10.0. The summed E-state index contributed by atoms with van der Waals surface area (Å²) in [6.07, 6.45) is 2.16. The predicted octanol–water partition coefficient (Wildman–Crippen LogP) is 5.34. The third kappa shape index (κ3) is 4.56. The van der Waals surface area contributed by atoms with Gasteiger partial charge in [-0.2, -0.15) is 0 Å². The third-order valence-corrected chi connectivity index (χ3v) is 8.85. The van der Waals surface area contributed by atoms with E-state index in [1.807, 2.05) is 0 Å². The standard InChI is InChI=1S/C16H28Si/c1-8-14(5)16(7)15(6)12-13-17(9-2,10-3)11-4/h8H,9-11H2,1-7H3/b14-8+,16-15+. The molecule has 0 aromatic rings. The van der Waals surface area contributed by atoms with Crippen molar-refractivity contribution in [2.75, 3.05) is 0 Å². The maximum atomic E-state index is 3.65. The van der Waals surface area contributed by atoms with Crippen LogP contribution < -0.4 is 0 Å². The molecule has 0 aromatic heterocycles. The van der Waals surface area contributed by atoms with Crippen molar-refractivity contribution in [3.05, 3.63) is 22.8 Å². The summed E-state index contributed by atoms with van der Waals surface area (Å²) < 4.78 is 0. The molecule has 0 spiro atoms. The highest BCUT2D eigenvalue weighted by atomic mass is 28.3. The van der Waals surface area contributed by atoms with Gasteiger partial charge in [0.25, 0.3) is 0 Å². The molecule has 17 heavy (non-hydrogen) atoms. The van der Waals surface area contributed by atoms with E-state index < -0.39 is 8.07 Å². The monoisotopic (exact) mass is 248 g/mol. The van der Waals surface area contributed by atoms with Crippen LogP contribution in [0.15, 0.2) is 22.8 Å². The second kappa shape index (κ2) is 7.56. The van der Waals surface area contributed by atoms with Crippen LogP contribution in [0.5, 0.6) is 0 Å². The molecule has 0 bridgehead atoms. The van der Waals surface area contributed by atoms with Gasteiger partial charge >= 0.3 is 0 Å². The minimum Gasteiger partial charge on any atom is -0.126 e. The minimum atomic E-state index is -1.29. The van der Waals surface area contributed by atoms with Gasteiger partial charge in [-0.15, -0.1) is 5.54 Å². The molecule has 0 saturated carbocycles. The summed E-state index contributed by atoms with van der Waals surface area (Å²) in [5.74, 6) is 3.44. The van der Waals surface area contributed by atoms with Crippen LogP contribution in [0, 0.1) is 11.5 Å². The molecule has 0 aliphatic carbocycles. The second-order valence-electron chi connectivity index (χ2n) is 4.81. The van der Waals surface area contributed by atoms with E-state index in [1.165, 1.54) is 34.9 Å². The summed E-state index contributed by atoms with van der Waals surface area (Å²) in [4.78, 5) is 0. The zero-order valence-electron chi connectivity index (χ0n) is 12.7. The molecule has 0 aliphatic heterocycles. The molecule has 0 saturated heterocycles. The van der Waals surface area contributed by atoms with Crippen molar-refractivity contribution in [1.29, 1.82) is 0 Å². The van der Waals surface area contributed by atoms with Gasteiger partial charge in [0.05, 0.1) is 0 Å². The van der Waals surface area contributed by atoms with Gasteiger partial charge < -0.3 is 0 Å². The van der Waals surface area contributed by atoms with Crippen LogP contribution in [0.1, 0.15) is 48.5 Å². The van der Waals surface area contributed by atoms with Crippen LogP contribution in [0.2, 0.25) is 18.1 Å². The summed E-state index contributed by atoms with van der Waals surface area (Å²) in [5, 5.41) is 0. The average Bonchev–Trinajstić information content (AvgIpc) is 2.38. The number of allylic oxidation sites excluding steroid dienone is 4. The summed E-state index contributed by atoms with van der Waals surface area (Å²) in [6, 6.07) is 3.84. The molecule has 0 fully saturated rings. The van der Waals surface area contributed by atoms with E-state index in [-0.39, 0.29) is 0 Å². The van der Waals surface area contributed by atoms with Gasteiger partial charge in [-0.05, 0) is 51.4 Å². The first-order valence-electron chi connectivity index (χ1n) is 6.80. The molecule has 0 N–H and O–H groups in total. The third-order valence-electron chi connectivity index (χ3n) is 4.13. The van der Waals surface area contributed by atoms with Crippen LogP contribution in [-0.2, 0) is 0 Å². The van der Waals surface area contributed by atoms with Crippen molar-refractivity contribution in [3.8, 4) is 11.5 Å². The highest BCUT2D eigenvalue weighted by Gasteiger charge is 2.24. The second-order valence-corrected chi connectivity index (χ2v) is 9.74. The Labute approximate surface area is 109 Å². The fourth-order valence-corrected chi connectivity index (χ4v) is 4.33. The SMILES string of the molecule is C/C=C(C)/C(C)=C(\C)C#C[Si](CC)(CC)CC. The maximum Gasteiger partial charge on any atom is 0.138 e. The molecule has 0 aromatic carbocycles. The Hall–Kier alpha value is -0.743. The van der Waals surface area contributed by atoms with Gasteiger partial charge in [0.2, 0.25) is 0 Å². The molecule has 0 amide bonds. The van der Waals surface area contributed by atoms with Crippen LogP contribution in [-0.4, -0.2) is 8.07 Å². The van der Waals surface area contributed by atoms with Crippen molar-refractivity contribution < 1.29 is 0 Å². The van der Waals surface area contributed by atoms with E-state index >= 15 is 0 Å². The largest absolute Gasteiger partial charge is 0.138 e. The molecule has 96 valence electrons. The molecule has 1 heteroatoms. The topological polar surface area (TPSA) is 0 Å². The smallest absolute Gasteiger partial charge is 0.126 e. The number of rotatable bonds is 4. The molecular formula is C16H28Si. The fourth-order valence-electron chi connectivity index (χ4n) is 1.85. The zero-order valence-corrected chi connectivity index (χ0v) is 13.7. The molecule has 0 radical (unpaired) electrons. The number of hydrogen-bond donors (Lipinski definition) is 0.